The van der Waals surface area contributed by atoms with E-state index >= 15 is 0 Å². The molecule has 1 fully saturated rings. The Hall–Kier alpha value is -1.20. The van der Waals surface area contributed by atoms with Crippen LogP contribution >= 0.6 is 15.9 Å². The van der Waals surface area contributed by atoms with Crippen LogP contribution in [-0.2, 0) is 9.37 Å². The van der Waals surface area contributed by atoms with Crippen LogP contribution in [0.2, 0.25) is 0 Å². The lowest BCUT2D eigenvalue weighted by Crippen LogP contribution is -2.48. The van der Waals surface area contributed by atoms with Crippen molar-refractivity contribution in [3.05, 3.63) is 26.9 Å². The van der Waals surface area contributed by atoms with E-state index in [0.717, 1.165) is 10.6 Å². The van der Waals surface area contributed by atoms with Gasteiger partial charge in [-0.3, -0.25) is 9.78 Å². The second-order valence-corrected chi connectivity index (χ2v) is 5.22. The van der Waals surface area contributed by atoms with Crippen LogP contribution in [0.25, 0.3) is 0 Å². The minimum atomic E-state index is -1.87. The van der Waals surface area contributed by atoms with Crippen LogP contribution in [0.5, 0.6) is 0 Å². The number of halogens is 1. The Balaban J connectivity index is 2.59. The molecule has 0 unspecified atom stereocenters. The monoisotopic (exact) mass is 337 g/mol. The van der Waals surface area contributed by atoms with E-state index in [2.05, 4.69) is 15.9 Å². The summed E-state index contributed by atoms with van der Waals surface area (Å²) in [6.45, 7) is -0.566. The number of nitrogens with one attached hydrogen (secondary N) is 1. The summed E-state index contributed by atoms with van der Waals surface area (Å²) in [6, 6.07) is 0.930. The van der Waals surface area contributed by atoms with Crippen LogP contribution in [0.1, 0.15) is 0 Å². The maximum Gasteiger partial charge on any atom is 0.333 e. The molecule has 0 amide bonds. The molecule has 0 bridgehead atoms. The molecule has 10 heteroatoms. The minimum Gasteiger partial charge on any atom is -0.394 e. The fourth-order valence-electron chi connectivity index (χ4n) is 1.92. The number of H-pyrrole nitrogens is 1. The predicted octanol–water partition coefficient (Wildman–Crippen LogP) is -2.76. The van der Waals surface area contributed by atoms with Gasteiger partial charge < -0.3 is 25.8 Å². The fraction of sp³-hybridized carbons (Fsp3) is 0.556. The molecule has 1 aromatic heterocycles. The summed E-state index contributed by atoms with van der Waals surface area (Å²) in [5.41, 5.74) is 3.93. The summed E-state index contributed by atoms with van der Waals surface area (Å²) in [5.74, 6) is -0.268. The first-order chi connectivity index (χ1) is 8.81. The summed E-state index contributed by atoms with van der Waals surface area (Å²) in [5, 5.41) is 28.7. The van der Waals surface area contributed by atoms with Gasteiger partial charge in [0.2, 0.25) is 4.63 Å². The molecule has 2 rings (SSSR count). The standard InChI is InChI=1S/C9H12BrN3O6/c10-9(7(17)6(16)3(2-14)19-9)13-4(11)1-5(15)12-8(13)18/h1,3,6-7,14,16-17H,2,11H2,(H,12,15,18)/t3-,6-,7-,9+/m1/s1. The van der Waals surface area contributed by atoms with Gasteiger partial charge in [-0.05, 0) is 15.9 Å². The Bertz CT molecular complexity index is 600. The van der Waals surface area contributed by atoms with Gasteiger partial charge in [0.25, 0.3) is 5.56 Å². The molecule has 2 heterocycles. The average molecular weight is 338 g/mol. The van der Waals surface area contributed by atoms with E-state index in [4.69, 9.17) is 15.6 Å². The summed E-state index contributed by atoms with van der Waals surface area (Å²) >= 11 is 2.98. The smallest absolute Gasteiger partial charge is 0.333 e. The van der Waals surface area contributed by atoms with E-state index in [1.807, 2.05) is 4.98 Å². The van der Waals surface area contributed by atoms with Gasteiger partial charge in [-0.2, -0.15) is 0 Å². The summed E-state index contributed by atoms with van der Waals surface area (Å²) in [7, 11) is 0. The zero-order valence-corrected chi connectivity index (χ0v) is 11.1. The van der Waals surface area contributed by atoms with Crippen molar-refractivity contribution >= 4 is 21.7 Å². The lowest BCUT2D eigenvalue weighted by atomic mass is 10.1. The third-order valence-corrected chi connectivity index (χ3v) is 3.85. The summed E-state index contributed by atoms with van der Waals surface area (Å²) in [4.78, 5) is 24.8. The molecule has 0 saturated carbocycles. The zero-order valence-electron chi connectivity index (χ0n) is 9.49. The highest BCUT2D eigenvalue weighted by Crippen LogP contribution is 2.40. The first kappa shape index (κ1) is 14.2. The Labute approximate surface area is 114 Å². The van der Waals surface area contributed by atoms with Crippen molar-refractivity contribution < 1.29 is 20.1 Å². The molecule has 6 N–H and O–H groups in total. The number of nitrogens with zero attached hydrogens (tertiary/aromatic N) is 1. The molecular weight excluding hydrogens is 326 g/mol. The Morgan fingerprint density at radius 1 is 1.53 bits per heavy atom. The highest BCUT2D eigenvalue weighted by atomic mass is 79.9. The summed E-state index contributed by atoms with van der Waals surface area (Å²) in [6.07, 6.45) is -4.11. The van der Waals surface area contributed by atoms with Crippen LogP contribution in [-0.4, -0.2) is 49.8 Å². The zero-order chi connectivity index (χ0) is 14.4. The van der Waals surface area contributed by atoms with E-state index in [1.54, 1.807) is 0 Å². The van der Waals surface area contributed by atoms with Gasteiger partial charge in [-0.15, -0.1) is 0 Å². The van der Waals surface area contributed by atoms with Crippen molar-refractivity contribution in [1.82, 2.24) is 9.55 Å². The topological polar surface area (TPSA) is 151 Å². The number of hydrogen-bond donors (Lipinski definition) is 5. The number of aliphatic hydroxyl groups is 3. The number of nitrogen functional groups attached to an aromatic ring is 1. The first-order valence-corrected chi connectivity index (χ1v) is 6.06. The Kier molecular flexibility index (Phi) is 3.53. The highest BCUT2D eigenvalue weighted by Gasteiger charge is 2.55. The van der Waals surface area contributed by atoms with E-state index < -0.39 is 40.8 Å². The summed E-state index contributed by atoms with van der Waals surface area (Å²) < 4.78 is 4.12. The number of rotatable bonds is 2. The maximum atomic E-state index is 11.8. The van der Waals surface area contributed by atoms with E-state index in [0.29, 0.717) is 0 Å². The SMILES string of the molecule is Nc1cc(=O)[nH]c(=O)n1[C@]1(Br)O[C@H](CO)[C@@H](O)[C@H]1O. The second kappa shape index (κ2) is 4.72. The molecule has 106 valence electrons. The molecule has 0 aromatic carbocycles. The Morgan fingerprint density at radius 2 is 2.16 bits per heavy atom. The first-order valence-electron chi connectivity index (χ1n) is 5.27. The Morgan fingerprint density at radius 3 is 2.63 bits per heavy atom. The lowest BCUT2D eigenvalue weighted by molar-refractivity contribution is -0.0753. The third-order valence-electron chi connectivity index (χ3n) is 2.84. The normalized spacial score (nSPS) is 34.6. The van der Waals surface area contributed by atoms with Gasteiger partial charge >= 0.3 is 5.69 Å². The molecular formula is C9H12BrN3O6. The molecule has 4 atom stereocenters. The number of aliphatic hydroxyl groups excluding tert-OH is 3. The van der Waals surface area contributed by atoms with Crippen molar-refractivity contribution in [2.45, 2.75) is 22.9 Å². The second-order valence-electron chi connectivity index (χ2n) is 4.08. The highest BCUT2D eigenvalue weighted by molar-refractivity contribution is 9.09. The van der Waals surface area contributed by atoms with Gasteiger partial charge in [0, 0.05) is 6.07 Å². The number of ether oxygens (including phenoxy) is 1. The number of alkyl halides is 1. The molecule has 19 heavy (non-hydrogen) atoms. The molecule has 0 spiro atoms. The van der Waals surface area contributed by atoms with E-state index in [-0.39, 0.29) is 5.82 Å². The van der Waals surface area contributed by atoms with Gasteiger partial charge in [0.15, 0.2) is 0 Å². The van der Waals surface area contributed by atoms with E-state index in [9.17, 15) is 19.8 Å². The van der Waals surface area contributed by atoms with E-state index in [1.165, 1.54) is 0 Å². The van der Waals surface area contributed by atoms with Crippen LogP contribution in [0, 0.1) is 0 Å². The van der Waals surface area contributed by atoms with Crippen molar-refractivity contribution in [1.29, 1.82) is 0 Å². The van der Waals surface area contributed by atoms with Crippen LogP contribution < -0.4 is 17.0 Å². The van der Waals surface area contributed by atoms with Crippen molar-refractivity contribution in [3.63, 3.8) is 0 Å². The molecule has 1 aromatic rings. The molecule has 1 saturated heterocycles. The fourth-order valence-corrected chi connectivity index (χ4v) is 2.80. The predicted molar refractivity (Wildman–Crippen MR) is 66.6 cm³/mol. The van der Waals surface area contributed by atoms with Crippen molar-refractivity contribution in [2.24, 2.45) is 0 Å². The van der Waals surface area contributed by atoms with Gasteiger partial charge in [-0.25, -0.2) is 9.36 Å². The number of nitrogens with two attached hydrogens (primary N) is 1. The lowest BCUT2D eigenvalue weighted by Gasteiger charge is -2.28. The third kappa shape index (κ3) is 2.11. The van der Waals surface area contributed by atoms with Crippen LogP contribution in [0.15, 0.2) is 15.7 Å². The molecule has 1 aliphatic rings. The number of anilines is 1. The molecule has 0 aliphatic carbocycles. The number of aromatic nitrogens is 2. The van der Waals surface area contributed by atoms with Gasteiger partial charge in [0.05, 0.1) is 6.61 Å². The van der Waals surface area contributed by atoms with Gasteiger partial charge in [0.1, 0.15) is 24.1 Å². The van der Waals surface area contributed by atoms with Crippen LogP contribution in [0.3, 0.4) is 0 Å². The molecule has 1 aliphatic heterocycles. The average Bonchev–Trinajstić information content (AvgIpc) is 2.53. The molecule has 0 radical (unpaired) electrons. The van der Waals surface area contributed by atoms with Gasteiger partial charge in [-0.1, -0.05) is 0 Å². The maximum absolute atomic E-state index is 11.8. The number of aromatic amines is 1. The molecule has 9 nitrogen and oxygen atoms in total. The van der Waals surface area contributed by atoms with Crippen LogP contribution in [0.4, 0.5) is 5.82 Å². The van der Waals surface area contributed by atoms with Crippen molar-refractivity contribution in [2.75, 3.05) is 12.3 Å². The number of hydrogen-bond acceptors (Lipinski definition) is 7. The quantitative estimate of drug-likeness (QED) is 0.366. The largest absolute Gasteiger partial charge is 0.394 e. The minimum absolute atomic E-state index is 0.268. The van der Waals surface area contributed by atoms with Crippen molar-refractivity contribution in [3.8, 4) is 0 Å².